The fraction of sp³-hybridized carbons (Fsp3) is 0.533. The third kappa shape index (κ3) is 5.60. The molecule has 124 valence electrons. The third-order valence-corrected chi connectivity index (χ3v) is 4.55. The largest absolute Gasteiger partial charge is 0.330 e. The van der Waals surface area contributed by atoms with Crippen LogP contribution in [-0.2, 0) is 4.79 Å². The first-order chi connectivity index (χ1) is 10.1. The molecule has 1 aliphatic heterocycles. The van der Waals surface area contributed by atoms with Crippen molar-refractivity contribution in [3.8, 4) is 0 Å². The zero-order valence-electron chi connectivity index (χ0n) is 12.4. The van der Waals surface area contributed by atoms with Crippen LogP contribution in [0.1, 0.15) is 19.3 Å². The van der Waals surface area contributed by atoms with E-state index in [1.165, 1.54) is 0 Å². The second kappa shape index (κ2) is 9.58. The average Bonchev–Trinajstić information content (AvgIpc) is 2.49. The van der Waals surface area contributed by atoms with Crippen LogP contribution in [0.25, 0.3) is 0 Å². The lowest BCUT2D eigenvalue weighted by Gasteiger charge is -2.31. The molecule has 0 aromatic heterocycles. The van der Waals surface area contributed by atoms with E-state index < -0.39 is 0 Å². The topological polar surface area (TPSA) is 58.4 Å². The van der Waals surface area contributed by atoms with Crippen LogP contribution in [0.4, 0.5) is 5.69 Å². The van der Waals surface area contributed by atoms with E-state index in [4.69, 9.17) is 28.9 Å². The van der Waals surface area contributed by atoms with E-state index in [0.29, 0.717) is 28.1 Å². The van der Waals surface area contributed by atoms with Crippen molar-refractivity contribution in [2.24, 2.45) is 11.7 Å². The van der Waals surface area contributed by atoms with Crippen LogP contribution in [0, 0.1) is 5.92 Å². The molecule has 1 heterocycles. The number of likely N-dealkylation sites (tertiary alicyclic amines) is 1. The van der Waals surface area contributed by atoms with Gasteiger partial charge < -0.3 is 16.0 Å². The molecule has 1 saturated heterocycles. The zero-order chi connectivity index (χ0) is 15.2. The van der Waals surface area contributed by atoms with Gasteiger partial charge >= 0.3 is 0 Å². The summed E-state index contributed by atoms with van der Waals surface area (Å²) in [5, 5.41) is 3.70. The predicted molar refractivity (Wildman–Crippen MR) is 95.2 cm³/mol. The zero-order valence-corrected chi connectivity index (χ0v) is 14.7. The summed E-state index contributed by atoms with van der Waals surface area (Å²) in [5.41, 5.74) is 6.17. The fourth-order valence-electron chi connectivity index (χ4n) is 2.52. The Kier molecular flexibility index (Phi) is 8.50. The van der Waals surface area contributed by atoms with Gasteiger partial charge in [0.15, 0.2) is 0 Å². The maximum atomic E-state index is 12.0. The van der Waals surface area contributed by atoms with Crippen LogP contribution in [0.3, 0.4) is 0 Å². The number of hydrogen-bond acceptors (Lipinski definition) is 3. The first-order valence-corrected chi connectivity index (χ1v) is 8.02. The quantitative estimate of drug-likeness (QED) is 0.839. The number of anilines is 1. The van der Waals surface area contributed by atoms with Crippen molar-refractivity contribution in [3.63, 3.8) is 0 Å². The highest BCUT2D eigenvalue weighted by Crippen LogP contribution is 2.29. The second-order valence-corrected chi connectivity index (χ2v) is 6.23. The number of nitrogens with two attached hydrogens (primary N) is 1. The Labute approximate surface area is 147 Å². The molecular weight excluding hydrogens is 345 g/mol. The van der Waals surface area contributed by atoms with Crippen molar-refractivity contribution < 1.29 is 4.79 Å². The number of halogens is 3. The van der Waals surface area contributed by atoms with Crippen molar-refractivity contribution in [2.75, 3.05) is 31.5 Å². The number of benzene rings is 1. The van der Waals surface area contributed by atoms with Gasteiger partial charge in [-0.2, -0.15) is 0 Å². The van der Waals surface area contributed by atoms with Crippen LogP contribution in [-0.4, -0.2) is 37.0 Å². The molecule has 1 aliphatic rings. The standard InChI is InChI=1S/C15H21Cl2N3O.ClH/c16-12-2-1-3-13(17)15(12)19-14(21)6-9-20-7-4-11(10-18)5-8-20;/h1-3,11H,4-10,18H2,(H,19,21);1H. The normalized spacial score (nSPS) is 16.1. The van der Waals surface area contributed by atoms with Crippen LogP contribution in [0.15, 0.2) is 18.2 Å². The highest BCUT2D eigenvalue weighted by molar-refractivity contribution is 6.39. The number of nitrogens with one attached hydrogen (secondary N) is 1. The Morgan fingerprint density at radius 1 is 1.27 bits per heavy atom. The number of piperidine rings is 1. The number of hydrogen-bond donors (Lipinski definition) is 2. The molecule has 1 aromatic rings. The monoisotopic (exact) mass is 365 g/mol. The molecule has 0 spiro atoms. The molecule has 0 atom stereocenters. The van der Waals surface area contributed by atoms with Gasteiger partial charge in [-0.15, -0.1) is 12.4 Å². The maximum absolute atomic E-state index is 12.0. The molecule has 1 amide bonds. The van der Waals surface area contributed by atoms with Crippen molar-refractivity contribution >= 4 is 47.2 Å². The third-order valence-electron chi connectivity index (χ3n) is 3.92. The van der Waals surface area contributed by atoms with E-state index in [0.717, 1.165) is 39.0 Å². The molecule has 0 unspecified atom stereocenters. The lowest BCUT2D eigenvalue weighted by Crippen LogP contribution is -2.37. The van der Waals surface area contributed by atoms with E-state index in [9.17, 15) is 4.79 Å². The summed E-state index contributed by atoms with van der Waals surface area (Å²) in [7, 11) is 0. The molecule has 0 radical (unpaired) electrons. The van der Waals surface area contributed by atoms with Crippen molar-refractivity contribution in [1.82, 2.24) is 4.90 Å². The van der Waals surface area contributed by atoms with Gasteiger partial charge in [0.1, 0.15) is 0 Å². The molecule has 0 saturated carbocycles. The number of nitrogens with zero attached hydrogens (tertiary/aromatic N) is 1. The van der Waals surface area contributed by atoms with Crippen LogP contribution >= 0.6 is 35.6 Å². The maximum Gasteiger partial charge on any atom is 0.225 e. The fourth-order valence-corrected chi connectivity index (χ4v) is 3.02. The Morgan fingerprint density at radius 3 is 2.41 bits per heavy atom. The molecule has 0 bridgehead atoms. The number of amides is 1. The number of para-hydroxylation sites is 1. The Bertz CT molecular complexity index is 471. The molecule has 2 rings (SSSR count). The van der Waals surface area contributed by atoms with Gasteiger partial charge in [0.2, 0.25) is 5.91 Å². The van der Waals surface area contributed by atoms with Crippen molar-refractivity contribution in [2.45, 2.75) is 19.3 Å². The Hall–Kier alpha value is -0.520. The average molecular weight is 367 g/mol. The first kappa shape index (κ1) is 19.5. The molecule has 0 aliphatic carbocycles. The van der Waals surface area contributed by atoms with Gasteiger partial charge in [0, 0.05) is 13.0 Å². The second-order valence-electron chi connectivity index (χ2n) is 5.42. The summed E-state index contributed by atoms with van der Waals surface area (Å²) in [6.07, 6.45) is 2.68. The van der Waals surface area contributed by atoms with Crippen LogP contribution in [0.2, 0.25) is 10.0 Å². The van der Waals surface area contributed by atoms with Gasteiger partial charge in [0.05, 0.1) is 15.7 Å². The molecular formula is C15H22Cl3N3O. The highest BCUT2D eigenvalue weighted by atomic mass is 35.5. The smallest absolute Gasteiger partial charge is 0.225 e. The number of carbonyl (C=O) groups excluding carboxylic acids is 1. The van der Waals surface area contributed by atoms with Crippen molar-refractivity contribution in [1.29, 1.82) is 0 Å². The van der Waals surface area contributed by atoms with Gasteiger partial charge in [0.25, 0.3) is 0 Å². The number of carbonyl (C=O) groups is 1. The van der Waals surface area contributed by atoms with Crippen molar-refractivity contribution in [3.05, 3.63) is 28.2 Å². The van der Waals surface area contributed by atoms with E-state index >= 15 is 0 Å². The molecule has 1 fully saturated rings. The Balaban J connectivity index is 0.00000242. The minimum absolute atomic E-state index is 0. The number of rotatable bonds is 5. The summed E-state index contributed by atoms with van der Waals surface area (Å²) in [4.78, 5) is 14.3. The van der Waals surface area contributed by atoms with Gasteiger partial charge in [-0.3, -0.25) is 4.79 Å². The van der Waals surface area contributed by atoms with Gasteiger partial charge in [-0.05, 0) is 50.5 Å². The van der Waals surface area contributed by atoms with Gasteiger partial charge in [-0.25, -0.2) is 0 Å². The van der Waals surface area contributed by atoms with Gasteiger partial charge in [-0.1, -0.05) is 29.3 Å². The SMILES string of the molecule is Cl.NCC1CCN(CCC(=O)Nc2c(Cl)cccc2Cl)CC1. The summed E-state index contributed by atoms with van der Waals surface area (Å²) in [6.45, 7) is 3.55. The molecule has 1 aromatic carbocycles. The predicted octanol–water partition coefficient (Wildman–Crippen LogP) is 3.41. The van der Waals surface area contributed by atoms with E-state index in [1.807, 2.05) is 0 Å². The lowest BCUT2D eigenvalue weighted by atomic mass is 9.97. The molecule has 3 N–H and O–H groups in total. The first-order valence-electron chi connectivity index (χ1n) is 7.26. The van der Waals surface area contributed by atoms with E-state index in [-0.39, 0.29) is 18.3 Å². The Morgan fingerprint density at radius 2 is 1.86 bits per heavy atom. The minimum atomic E-state index is -0.0639. The molecule has 4 nitrogen and oxygen atoms in total. The summed E-state index contributed by atoms with van der Waals surface area (Å²) < 4.78 is 0. The van der Waals surface area contributed by atoms with Crippen LogP contribution < -0.4 is 11.1 Å². The minimum Gasteiger partial charge on any atom is -0.330 e. The molecule has 7 heteroatoms. The highest BCUT2D eigenvalue weighted by Gasteiger charge is 2.18. The lowest BCUT2D eigenvalue weighted by molar-refractivity contribution is -0.116. The van der Waals surface area contributed by atoms with Crippen LogP contribution in [0.5, 0.6) is 0 Å². The summed E-state index contributed by atoms with van der Waals surface area (Å²) >= 11 is 12.1. The summed E-state index contributed by atoms with van der Waals surface area (Å²) in [5.74, 6) is 0.572. The molecule has 22 heavy (non-hydrogen) atoms. The van der Waals surface area contributed by atoms with E-state index in [1.54, 1.807) is 18.2 Å². The van der Waals surface area contributed by atoms with E-state index in [2.05, 4.69) is 10.2 Å². The summed E-state index contributed by atoms with van der Waals surface area (Å²) in [6, 6.07) is 5.17.